The Balaban J connectivity index is 1.42. The third kappa shape index (κ3) is 4.75. The average molecular weight is 370 g/mol. The predicted molar refractivity (Wildman–Crippen MR) is 94.8 cm³/mol. The van der Waals surface area contributed by atoms with Gasteiger partial charge in [-0.15, -0.1) is 0 Å². The van der Waals surface area contributed by atoms with E-state index in [-0.39, 0.29) is 18.3 Å². The van der Waals surface area contributed by atoms with Crippen LogP contribution in [-0.2, 0) is 14.3 Å². The molecular formula is C19H18N2O6. The van der Waals surface area contributed by atoms with Crippen LogP contribution in [0.5, 0.6) is 0 Å². The molecule has 8 nitrogen and oxygen atoms in total. The Morgan fingerprint density at radius 3 is 2.70 bits per heavy atom. The van der Waals surface area contributed by atoms with E-state index in [1.54, 1.807) is 13.0 Å². The van der Waals surface area contributed by atoms with Gasteiger partial charge in [0, 0.05) is 5.39 Å². The van der Waals surface area contributed by atoms with Crippen molar-refractivity contribution in [2.75, 3.05) is 13.2 Å². The zero-order valence-electron chi connectivity index (χ0n) is 14.6. The number of nitrogens with one attached hydrogen (secondary N) is 2. The second kappa shape index (κ2) is 8.22. The molecule has 0 aliphatic heterocycles. The van der Waals surface area contributed by atoms with Crippen LogP contribution < -0.4 is 10.6 Å². The summed E-state index contributed by atoms with van der Waals surface area (Å²) in [4.78, 5) is 35.2. The maximum atomic E-state index is 11.9. The number of hydrogen-bond acceptors (Lipinski definition) is 6. The molecule has 2 aromatic heterocycles. The van der Waals surface area contributed by atoms with Crippen LogP contribution in [-0.4, -0.2) is 30.9 Å². The Hall–Kier alpha value is -3.55. The molecule has 0 spiro atoms. The summed E-state index contributed by atoms with van der Waals surface area (Å²) in [5.41, 5.74) is 0.729. The molecular weight excluding hydrogens is 352 g/mol. The van der Waals surface area contributed by atoms with Gasteiger partial charge in [-0.2, -0.15) is 0 Å². The molecule has 3 aromatic rings. The third-order valence-electron chi connectivity index (χ3n) is 3.75. The molecule has 2 N–H and O–H groups in total. The number of carbonyl (C=O) groups excluding carboxylic acids is 3. The fourth-order valence-corrected chi connectivity index (χ4v) is 2.41. The number of furan rings is 2. The number of para-hydroxylation sites is 1. The standard InChI is InChI=1S/C19H18N2O6/c1-12(16-9-13-5-2-3-6-14(13)27-16)21-17(22)11-26-18(23)10-20-19(24)15-7-4-8-25-15/h2-9,12H,10-11H2,1H3,(H,20,24)(H,21,22)/t12-/m0/s1. The molecule has 8 heteroatoms. The number of rotatable bonds is 7. The van der Waals surface area contributed by atoms with Crippen molar-refractivity contribution in [2.24, 2.45) is 0 Å². The fraction of sp³-hybridized carbons (Fsp3) is 0.211. The lowest BCUT2D eigenvalue weighted by atomic mass is 10.2. The van der Waals surface area contributed by atoms with Gasteiger partial charge in [0.15, 0.2) is 12.4 Å². The van der Waals surface area contributed by atoms with E-state index >= 15 is 0 Å². The van der Waals surface area contributed by atoms with Crippen LogP contribution in [0.1, 0.15) is 29.3 Å². The van der Waals surface area contributed by atoms with E-state index in [1.807, 2.05) is 30.3 Å². The molecule has 140 valence electrons. The van der Waals surface area contributed by atoms with Crippen molar-refractivity contribution in [1.29, 1.82) is 0 Å². The van der Waals surface area contributed by atoms with Crippen molar-refractivity contribution in [3.8, 4) is 0 Å². The second-order valence-electron chi connectivity index (χ2n) is 5.80. The van der Waals surface area contributed by atoms with Crippen LogP contribution in [0.15, 0.2) is 57.6 Å². The smallest absolute Gasteiger partial charge is 0.325 e. The molecule has 0 saturated heterocycles. The first kappa shape index (κ1) is 18.2. The van der Waals surface area contributed by atoms with Gasteiger partial charge in [-0.3, -0.25) is 14.4 Å². The maximum absolute atomic E-state index is 11.9. The van der Waals surface area contributed by atoms with E-state index in [9.17, 15) is 14.4 Å². The van der Waals surface area contributed by atoms with Crippen molar-refractivity contribution in [3.63, 3.8) is 0 Å². The molecule has 2 heterocycles. The minimum atomic E-state index is -0.735. The molecule has 2 amide bonds. The van der Waals surface area contributed by atoms with E-state index in [0.717, 1.165) is 11.0 Å². The Bertz CT molecular complexity index is 911. The number of amides is 2. The minimum Gasteiger partial charge on any atom is -0.459 e. The van der Waals surface area contributed by atoms with Gasteiger partial charge in [0.2, 0.25) is 0 Å². The number of ether oxygens (including phenoxy) is 1. The largest absolute Gasteiger partial charge is 0.459 e. The Morgan fingerprint density at radius 2 is 1.96 bits per heavy atom. The summed E-state index contributed by atoms with van der Waals surface area (Å²) >= 11 is 0. The zero-order valence-corrected chi connectivity index (χ0v) is 14.6. The van der Waals surface area contributed by atoms with Crippen molar-refractivity contribution >= 4 is 28.8 Å². The third-order valence-corrected chi connectivity index (χ3v) is 3.75. The SMILES string of the molecule is C[C@H](NC(=O)COC(=O)CNC(=O)c1ccco1)c1cc2ccccc2o1. The van der Waals surface area contributed by atoms with Crippen molar-refractivity contribution in [2.45, 2.75) is 13.0 Å². The summed E-state index contributed by atoms with van der Waals surface area (Å²) in [5.74, 6) is -1.07. The van der Waals surface area contributed by atoms with Crippen molar-refractivity contribution in [3.05, 3.63) is 60.2 Å². The van der Waals surface area contributed by atoms with E-state index in [0.29, 0.717) is 5.76 Å². The van der Waals surface area contributed by atoms with E-state index in [4.69, 9.17) is 13.6 Å². The molecule has 0 aliphatic rings. The van der Waals surface area contributed by atoms with E-state index < -0.39 is 24.4 Å². The average Bonchev–Trinajstić information content (AvgIpc) is 3.33. The summed E-state index contributed by atoms with van der Waals surface area (Å²) in [5, 5.41) is 5.96. The Kier molecular flexibility index (Phi) is 5.55. The van der Waals surface area contributed by atoms with E-state index in [2.05, 4.69) is 10.6 Å². The molecule has 27 heavy (non-hydrogen) atoms. The topological polar surface area (TPSA) is 111 Å². The predicted octanol–water partition coefficient (Wildman–Crippen LogP) is 2.18. The summed E-state index contributed by atoms with van der Waals surface area (Å²) in [6.45, 7) is 0.937. The first-order valence-electron chi connectivity index (χ1n) is 8.28. The molecule has 0 fully saturated rings. The van der Waals surface area contributed by atoms with Crippen molar-refractivity contribution in [1.82, 2.24) is 10.6 Å². The Morgan fingerprint density at radius 1 is 1.15 bits per heavy atom. The number of fused-ring (bicyclic) bond motifs is 1. The van der Waals surface area contributed by atoms with Gasteiger partial charge < -0.3 is 24.2 Å². The number of carbonyl (C=O) groups is 3. The molecule has 0 saturated carbocycles. The highest BCUT2D eigenvalue weighted by Gasteiger charge is 2.16. The molecule has 0 bridgehead atoms. The quantitative estimate of drug-likeness (QED) is 0.617. The van der Waals surface area contributed by atoms with Gasteiger partial charge in [-0.1, -0.05) is 18.2 Å². The van der Waals surface area contributed by atoms with Crippen LogP contribution in [0.4, 0.5) is 0 Å². The van der Waals surface area contributed by atoms with Gasteiger partial charge in [0.05, 0.1) is 12.3 Å². The fourth-order valence-electron chi connectivity index (χ4n) is 2.41. The Labute approximate surface area is 154 Å². The van der Waals surface area contributed by atoms with Gasteiger partial charge in [-0.05, 0) is 31.2 Å². The molecule has 0 unspecified atom stereocenters. The molecule has 0 radical (unpaired) electrons. The van der Waals surface area contributed by atoms with Crippen LogP contribution in [0.3, 0.4) is 0 Å². The lowest BCUT2D eigenvalue weighted by Gasteiger charge is -2.11. The zero-order chi connectivity index (χ0) is 19.2. The summed E-state index contributed by atoms with van der Waals surface area (Å²) in [6.07, 6.45) is 1.35. The van der Waals surface area contributed by atoms with Crippen molar-refractivity contribution < 1.29 is 28.0 Å². The van der Waals surface area contributed by atoms with Crippen LogP contribution in [0.2, 0.25) is 0 Å². The number of esters is 1. The van der Waals surface area contributed by atoms with E-state index in [1.165, 1.54) is 12.3 Å². The molecule has 1 aromatic carbocycles. The van der Waals surface area contributed by atoms with Crippen LogP contribution >= 0.6 is 0 Å². The van der Waals surface area contributed by atoms with Gasteiger partial charge >= 0.3 is 5.97 Å². The second-order valence-corrected chi connectivity index (χ2v) is 5.80. The number of hydrogen-bond donors (Lipinski definition) is 2. The highest BCUT2D eigenvalue weighted by Crippen LogP contribution is 2.23. The minimum absolute atomic E-state index is 0.0835. The van der Waals surface area contributed by atoms with Gasteiger partial charge in [0.25, 0.3) is 11.8 Å². The number of benzene rings is 1. The van der Waals surface area contributed by atoms with Crippen LogP contribution in [0, 0.1) is 0 Å². The molecule has 1 atom stereocenters. The molecule has 3 rings (SSSR count). The summed E-state index contributed by atoms with van der Waals surface area (Å²) in [7, 11) is 0. The van der Waals surface area contributed by atoms with Gasteiger partial charge in [0.1, 0.15) is 17.9 Å². The lowest BCUT2D eigenvalue weighted by Crippen LogP contribution is -2.34. The van der Waals surface area contributed by atoms with Crippen LogP contribution in [0.25, 0.3) is 11.0 Å². The monoisotopic (exact) mass is 370 g/mol. The summed E-state index contributed by atoms with van der Waals surface area (Å²) < 4.78 is 15.4. The highest BCUT2D eigenvalue weighted by atomic mass is 16.5. The first-order valence-corrected chi connectivity index (χ1v) is 8.28. The summed E-state index contributed by atoms with van der Waals surface area (Å²) in [6, 6.07) is 12.0. The maximum Gasteiger partial charge on any atom is 0.325 e. The lowest BCUT2D eigenvalue weighted by molar-refractivity contribution is -0.147. The normalized spacial score (nSPS) is 11.7. The first-order chi connectivity index (χ1) is 13.0. The molecule has 0 aliphatic carbocycles. The van der Waals surface area contributed by atoms with Gasteiger partial charge in [-0.25, -0.2) is 0 Å². The highest BCUT2D eigenvalue weighted by molar-refractivity contribution is 5.93.